The zero-order valence-electron chi connectivity index (χ0n) is 11.0. The number of halogens is 1. The molecule has 0 heterocycles. The minimum absolute atomic E-state index is 0.0543. The maximum absolute atomic E-state index is 11.8. The fraction of sp³-hybridized carbons (Fsp3) is 0.429. The summed E-state index contributed by atoms with van der Waals surface area (Å²) in [7, 11) is 0. The van der Waals surface area contributed by atoms with E-state index in [0.29, 0.717) is 23.8 Å². The third kappa shape index (κ3) is 5.30. The first-order valence-corrected chi connectivity index (χ1v) is 6.45. The van der Waals surface area contributed by atoms with Crippen LogP contribution < -0.4 is 4.74 Å². The number of carbonyl (C=O) groups is 2. The lowest BCUT2D eigenvalue weighted by molar-refractivity contribution is -0.136. The Labute approximate surface area is 117 Å². The second-order valence-corrected chi connectivity index (χ2v) is 5.07. The standard InChI is InChI=1S/C14H17ClO4/c1-9(2)8-19-10-3-4-11(12(15)7-10)13(16)5-6-14(17)18/h3-4,7,9H,5-6,8H2,1-2H3,(H,17,18). The summed E-state index contributed by atoms with van der Waals surface area (Å²) >= 11 is 6.01. The summed E-state index contributed by atoms with van der Waals surface area (Å²) in [5.74, 6) is -0.270. The fourth-order valence-corrected chi connectivity index (χ4v) is 1.71. The van der Waals surface area contributed by atoms with Gasteiger partial charge in [0.15, 0.2) is 5.78 Å². The van der Waals surface area contributed by atoms with Crippen LogP contribution in [0.25, 0.3) is 0 Å². The van der Waals surface area contributed by atoms with Crippen molar-refractivity contribution in [3.63, 3.8) is 0 Å². The van der Waals surface area contributed by atoms with Gasteiger partial charge in [-0.3, -0.25) is 9.59 Å². The van der Waals surface area contributed by atoms with Gasteiger partial charge in [-0.1, -0.05) is 25.4 Å². The van der Waals surface area contributed by atoms with Gasteiger partial charge in [-0.15, -0.1) is 0 Å². The predicted octanol–water partition coefficient (Wildman–Crippen LogP) is 3.42. The van der Waals surface area contributed by atoms with Crippen molar-refractivity contribution in [1.29, 1.82) is 0 Å². The Bertz CT molecular complexity index is 469. The molecule has 104 valence electrons. The monoisotopic (exact) mass is 284 g/mol. The molecule has 0 unspecified atom stereocenters. The molecule has 0 spiro atoms. The predicted molar refractivity (Wildman–Crippen MR) is 73.0 cm³/mol. The van der Waals surface area contributed by atoms with Crippen LogP contribution in [0, 0.1) is 5.92 Å². The zero-order valence-corrected chi connectivity index (χ0v) is 11.7. The second kappa shape index (κ2) is 7.14. The number of ketones is 1. The van der Waals surface area contributed by atoms with Crippen LogP contribution in [0.5, 0.6) is 5.75 Å². The van der Waals surface area contributed by atoms with Crippen LogP contribution in [-0.2, 0) is 4.79 Å². The Morgan fingerprint density at radius 3 is 2.53 bits per heavy atom. The highest BCUT2D eigenvalue weighted by atomic mass is 35.5. The van der Waals surface area contributed by atoms with E-state index in [9.17, 15) is 9.59 Å². The molecule has 4 nitrogen and oxygen atoms in total. The van der Waals surface area contributed by atoms with Gasteiger partial charge in [0.05, 0.1) is 18.1 Å². The first-order valence-electron chi connectivity index (χ1n) is 6.07. The van der Waals surface area contributed by atoms with Crippen LogP contribution in [0.4, 0.5) is 0 Å². The van der Waals surface area contributed by atoms with Gasteiger partial charge in [0, 0.05) is 12.0 Å². The summed E-state index contributed by atoms with van der Waals surface area (Å²) in [5.41, 5.74) is 0.333. The van der Waals surface area contributed by atoms with E-state index in [4.69, 9.17) is 21.4 Å². The number of carboxylic acids is 1. The highest BCUT2D eigenvalue weighted by Crippen LogP contribution is 2.24. The van der Waals surface area contributed by atoms with Crippen LogP contribution in [0.1, 0.15) is 37.0 Å². The molecule has 0 saturated heterocycles. The van der Waals surface area contributed by atoms with E-state index in [1.165, 1.54) is 0 Å². The Morgan fingerprint density at radius 2 is 2.00 bits per heavy atom. The SMILES string of the molecule is CC(C)COc1ccc(C(=O)CCC(=O)O)c(Cl)c1. The number of ether oxygens (including phenoxy) is 1. The molecule has 0 saturated carbocycles. The van der Waals surface area contributed by atoms with Gasteiger partial charge in [-0.05, 0) is 24.1 Å². The third-order valence-corrected chi connectivity index (χ3v) is 2.70. The van der Waals surface area contributed by atoms with E-state index >= 15 is 0 Å². The molecule has 0 aliphatic carbocycles. The number of carbonyl (C=O) groups excluding carboxylic acids is 1. The molecule has 0 bridgehead atoms. The van der Waals surface area contributed by atoms with Crippen molar-refractivity contribution in [3.8, 4) is 5.75 Å². The van der Waals surface area contributed by atoms with Gasteiger partial charge >= 0.3 is 5.97 Å². The number of carboxylic acid groups (broad SMARTS) is 1. The van der Waals surface area contributed by atoms with E-state index in [1.54, 1.807) is 18.2 Å². The third-order valence-electron chi connectivity index (χ3n) is 2.39. The highest BCUT2D eigenvalue weighted by molar-refractivity contribution is 6.34. The van der Waals surface area contributed by atoms with E-state index < -0.39 is 5.97 Å². The van der Waals surface area contributed by atoms with Crippen molar-refractivity contribution >= 4 is 23.4 Å². The summed E-state index contributed by atoms with van der Waals surface area (Å²) in [4.78, 5) is 22.2. The van der Waals surface area contributed by atoms with Gasteiger partial charge in [-0.25, -0.2) is 0 Å². The first-order chi connectivity index (χ1) is 8.90. The summed E-state index contributed by atoms with van der Waals surface area (Å²) < 4.78 is 5.49. The average Bonchev–Trinajstić information content (AvgIpc) is 2.33. The number of rotatable bonds is 7. The molecular formula is C14H17ClO4. The largest absolute Gasteiger partial charge is 0.493 e. The van der Waals surface area contributed by atoms with Crippen LogP contribution in [0.15, 0.2) is 18.2 Å². The molecule has 1 aromatic carbocycles. The molecule has 1 N–H and O–H groups in total. The van der Waals surface area contributed by atoms with Crippen molar-refractivity contribution in [2.75, 3.05) is 6.61 Å². The van der Waals surface area contributed by atoms with Crippen molar-refractivity contribution in [1.82, 2.24) is 0 Å². The van der Waals surface area contributed by atoms with E-state index in [-0.39, 0.29) is 23.6 Å². The molecular weight excluding hydrogens is 268 g/mol. The summed E-state index contributed by atoms with van der Waals surface area (Å²) in [6, 6.07) is 4.82. The normalized spacial score (nSPS) is 10.5. The maximum atomic E-state index is 11.8. The molecule has 1 rings (SSSR count). The molecule has 5 heteroatoms. The van der Waals surface area contributed by atoms with Crippen molar-refractivity contribution in [2.45, 2.75) is 26.7 Å². The molecule has 1 aromatic rings. The fourth-order valence-electron chi connectivity index (χ4n) is 1.43. The lowest BCUT2D eigenvalue weighted by Gasteiger charge is -2.10. The lowest BCUT2D eigenvalue weighted by Crippen LogP contribution is -2.06. The molecule has 0 fully saturated rings. The smallest absolute Gasteiger partial charge is 0.303 e. The van der Waals surface area contributed by atoms with Crippen LogP contribution in [0.2, 0.25) is 5.02 Å². The molecule has 0 amide bonds. The van der Waals surface area contributed by atoms with Crippen LogP contribution in [-0.4, -0.2) is 23.5 Å². The molecule has 0 aromatic heterocycles. The lowest BCUT2D eigenvalue weighted by atomic mass is 10.1. The van der Waals surface area contributed by atoms with Gasteiger partial charge in [0.1, 0.15) is 5.75 Å². The van der Waals surface area contributed by atoms with Crippen LogP contribution >= 0.6 is 11.6 Å². The Balaban J connectivity index is 2.71. The number of benzene rings is 1. The van der Waals surface area contributed by atoms with Gasteiger partial charge in [0.2, 0.25) is 0 Å². The highest BCUT2D eigenvalue weighted by Gasteiger charge is 2.13. The van der Waals surface area contributed by atoms with Gasteiger partial charge in [-0.2, -0.15) is 0 Å². The minimum atomic E-state index is -0.999. The van der Waals surface area contributed by atoms with E-state index in [0.717, 1.165) is 0 Å². The van der Waals surface area contributed by atoms with Crippen molar-refractivity contribution in [3.05, 3.63) is 28.8 Å². The summed E-state index contributed by atoms with van der Waals surface area (Å²) in [6.45, 7) is 4.64. The topological polar surface area (TPSA) is 63.6 Å². The summed E-state index contributed by atoms with van der Waals surface area (Å²) in [6.07, 6.45) is -0.248. The summed E-state index contributed by atoms with van der Waals surface area (Å²) in [5, 5.41) is 8.83. The molecule has 0 radical (unpaired) electrons. The molecule has 19 heavy (non-hydrogen) atoms. The number of aliphatic carboxylic acids is 1. The van der Waals surface area contributed by atoms with E-state index in [2.05, 4.69) is 0 Å². The van der Waals surface area contributed by atoms with Crippen molar-refractivity contribution < 1.29 is 19.4 Å². The van der Waals surface area contributed by atoms with Crippen molar-refractivity contribution in [2.24, 2.45) is 5.92 Å². The number of hydrogen-bond acceptors (Lipinski definition) is 3. The Hall–Kier alpha value is -1.55. The molecule has 0 atom stereocenters. The average molecular weight is 285 g/mol. The number of Topliss-reactive ketones (excluding diaryl/α,β-unsaturated/α-hetero) is 1. The quantitative estimate of drug-likeness (QED) is 0.779. The van der Waals surface area contributed by atoms with E-state index in [1.807, 2.05) is 13.8 Å². The molecule has 0 aliphatic rings. The zero-order chi connectivity index (χ0) is 14.4. The van der Waals surface area contributed by atoms with Crippen LogP contribution in [0.3, 0.4) is 0 Å². The first kappa shape index (κ1) is 15.5. The minimum Gasteiger partial charge on any atom is -0.493 e. The van der Waals surface area contributed by atoms with Gasteiger partial charge in [0.25, 0.3) is 0 Å². The van der Waals surface area contributed by atoms with Gasteiger partial charge < -0.3 is 9.84 Å². The maximum Gasteiger partial charge on any atom is 0.303 e. The molecule has 0 aliphatic heterocycles. The Kier molecular flexibility index (Phi) is 5.83. The number of hydrogen-bond donors (Lipinski definition) is 1. The Morgan fingerprint density at radius 1 is 1.32 bits per heavy atom. The second-order valence-electron chi connectivity index (χ2n) is 4.66.